The van der Waals surface area contributed by atoms with Gasteiger partial charge in [0.25, 0.3) is 0 Å². The number of amides is 3. The van der Waals surface area contributed by atoms with Crippen LogP contribution in [-0.4, -0.2) is 157 Å². The molecule has 440 valence electrons. The van der Waals surface area contributed by atoms with Gasteiger partial charge in [-0.05, 0) is 130 Å². The SMILES string of the molecule is CCO[Si](CCCNC(=O)CCN(CCC(=O)NCCC[Si](OCC)(OCC)OCC)c1ccc(/C=C/c2ccc(S(=O)(=O)CCCCCCOC(=O)NCCC[Si](OCC)(OCC)OCC)cc2)cc1)(OCC)OCC. The van der Waals surface area contributed by atoms with Crippen molar-refractivity contribution in [2.45, 2.75) is 143 Å². The third kappa shape index (κ3) is 28.4. The Morgan fingerprint density at radius 2 is 0.818 bits per heavy atom. The molecule has 2 rings (SSSR count). The van der Waals surface area contributed by atoms with Gasteiger partial charge in [-0.2, -0.15) is 0 Å². The number of anilines is 1. The molecule has 3 amide bonds. The number of unbranched alkanes of at least 4 members (excludes halogenated alkanes) is 3. The van der Waals surface area contributed by atoms with E-state index in [4.69, 9.17) is 44.6 Å². The molecule has 19 nitrogen and oxygen atoms in total. The van der Waals surface area contributed by atoms with E-state index in [0.29, 0.717) is 149 Å². The number of nitrogens with zero attached hydrogens (tertiary/aromatic N) is 1. The van der Waals surface area contributed by atoms with Crippen LogP contribution >= 0.6 is 0 Å². The van der Waals surface area contributed by atoms with Crippen LogP contribution in [0.1, 0.15) is 131 Å². The number of sulfone groups is 1. The van der Waals surface area contributed by atoms with Gasteiger partial charge in [0.2, 0.25) is 11.8 Å². The summed E-state index contributed by atoms with van der Waals surface area (Å²) in [7, 11) is -11.9. The zero-order chi connectivity index (χ0) is 56.7. The van der Waals surface area contributed by atoms with Crippen LogP contribution in [0.3, 0.4) is 0 Å². The van der Waals surface area contributed by atoms with Crippen molar-refractivity contribution in [2.75, 3.05) is 109 Å². The molecule has 0 aromatic heterocycles. The van der Waals surface area contributed by atoms with E-state index in [2.05, 4.69) is 16.0 Å². The Hall–Kier alpha value is -3.57. The van der Waals surface area contributed by atoms with Gasteiger partial charge in [-0.1, -0.05) is 49.3 Å². The molecule has 0 atom stereocenters. The minimum atomic E-state index is -3.48. The predicted octanol–water partition coefficient (Wildman–Crippen LogP) is 9.05. The highest BCUT2D eigenvalue weighted by Crippen LogP contribution is 2.23. The molecule has 0 aliphatic heterocycles. The van der Waals surface area contributed by atoms with Crippen molar-refractivity contribution in [3.63, 3.8) is 0 Å². The van der Waals surface area contributed by atoms with Gasteiger partial charge in [0.05, 0.1) is 17.3 Å². The highest BCUT2D eigenvalue weighted by atomic mass is 32.2. The topological polar surface area (TPSA) is 217 Å². The Kier molecular flexibility index (Phi) is 36.6. The molecule has 0 fully saturated rings. The Labute approximate surface area is 465 Å². The van der Waals surface area contributed by atoms with E-state index in [9.17, 15) is 22.8 Å². The maximum absolute atomic E-state index is 13.2. The summed E-state index contributed by atoms with van der Waals surface area (Å²) in [6.45, 7) is 24.0. The summed E-state index contributed by atoms with van der Waals surface area (Å²) in [5, 5.41) is 8.84. The molecule has 0 heterocycles. The maximum Gasteiger partial charge on any atom is 0.500 e. The van der Waals surface area contributed by atoms with Gasteiger partial charge < -0.3 is 65.4 Å². The lowest BCUT2D eigenvalue weighted by Gasteiger charge is -2.28. The van der Waals surface area contributed by atoms with Crippen LogP contribution in [-0.2, 0) is 64.0 Å². The third-order valence-corrected chi connectivity index (χ3v) is 23.2. The van der Waals surface area contributed by atoms with Gasteiger partial charge in [0.1, 0.15) is 0 Å². The van der Waals surface area contributed by atoms with Crippen LogP contribution in [0.15, 0.2) is 53.4 Å². The fraction of sp³-hybridized carbons (Fsp3) is 0.685. The molecule has 2 aromatic carbocycles. The highest BCUT2D eigenvalue weighted by molar-refractivity contribution is 7.91. The molecular formula is C54H96N4O15SSi3. The van der Waals surface area contributed by atoms with E-state index < -0.39 is 42.3 Å². The minimum absolute atomic E-state index is 0.0275. The Morgan fingerprint density at radius 3 is 1.19 bits per heavy atom. The molecule has 0 spiro atoms. The van der Waals surface area contributed by atoms with Gasteiger partial charge in [-0.25, -0.2) is 13.2 Å². The number of rotatable bonds is 47. The van der Waals surface area contributed by atoms with Gasteiger partial charge in [0, 0.05) is 129 Å². The first-order valence-corrected chi connectivity index (χ1v) is 35.7. The smallest absolute Gasteiger partial charge is 0.450 e. The second kappa shape index (κ2) is 40.6. The van der Waals surface area contributed by atoms with Crippen LogP contribution in [0.5, 0.6) is 0 Å². The normalized spacial score (nSPS) is 12.3. The van der Waals surface area contributed by atoms with Crippen LogP contribution in [0.25, 0.3) is 12.2 Å². The Morgan fingerprint density at radius 1 is 0.468 bits per heavy atom. The lowest BCUT2D eigenvalue weighted by atomic mass is 10.1. The Bertz CT molecular complexity index is 1940. The van der Waals surface area contributed by atoms with E-state index in [1.807, 2.05) is 104 Å². The molecular weight excluding hydrogens is 1060 g/mol. The number of nitrogens with one attached hydrogen (secondary N) is 3. The summed E-state index contributed by atoms with van der Waals surface area (Å²) < 4.78 is 85.0. The van der Waals surface area contributed by atoms with Crippen LogP contribution in [0.2, 0.25) is 18.1 Å². The molecule has 77 heavy (non-hydrogen) atoms. The number of alkyl carbamates (subject to hydrolysis) is 1. The van der Waals surface area contributed by atoms with Crippen molar-refractivity contribution in [2.24, 2.45) is 0 Å². The van der Waals surface area contributed by atoms with Gasteiger partial charge in [-0.3, -0.25) is 9.59 Å². The van der Waals surface area contributed by atoms with E-state index in [-0.39, 0.29) is 41.9 Å². The monoisotopic (exact) mass is 1160 g/mol. The minimum Gasteiger partial charge on any atom is -0.450 e. The third-order valence-electron chi connectivity index (χ3n) is 11.9. The van der Waals surface area contributed by atoms with Crippen molar-refractivity contribution in [1.29, 1.82) is 0 Å². The van der Waals surface area contributed by atoms with Crippen LogP contribution < -0.4 is 20.9 Å². The van der Waals surface area contributed by atoms with Gasteiger partial charge in [-0.15, -0.1) is 0 Å². The molecule has 0 saturated carbocycles. The molecule has 0 aliphatic carbocycles. The quantitative estimate of drug-likeness (QED) is 0.0320. The zero-order valence-corrected chi connectivity index (χ0v) is 51.9. The number of carbonyl (C=O) groups excluding carboxylic acids is 3. The fourth-order valence-corrected chi connectivity index (χ4v) is 17.6. The summed E-state index contributed by atoms with van der Waals surface area (Å²) >= 11 is 0. The molecule has 23 heteroatoms. The first kappa shape index (κ1) is 69.5. The number of carbonyl (C=O) groups is 3. The predicted molar refractivity (Wildman–Crippen MR) is 309 cm³/mol. The van der Waals surface area contributed by atoms with Crippen molar-refractivity contribution >= 4 is 72.0 Å². The summed E-state index contributed by atoms with van der Waals surface area (Å²) in [5.74, 6) is -0.173. The van der Waals surface area contributed by atoms with Crippen molar-refractivity contribution < 1.29 is 67.4 Å². The fourth-order valence-electron chi connectivity index (χ4n) is 8.44. The van der Waals surface area contributed by atoms with Crippen molar-refractivity contribution in [3.8, 4) is 0 Å². The first-order valence-electron chi connectivity index (χ1n) is 28.2. The average molecular weight is 1160 g/mol. The van der Waals surface area contributed by atoms with Crippen molar-refractivity contribution in [1.82, 2.24) is 16.0 Å². The molecule has 0 aliphatic rings. The summed E-state index contributed by atoms with van der Waals surface area (Å²) in [4.78, 5) is 40.8. The molecule has 3 N–H and O–H groups in total. The van der Waals surface area contributed by atoms with Crippen LogP contribution in [0.4, 0.5) is 10.5 Å². The van der Waals surface area contributed by atoms with E-state index in [1.54, 1.807) is 24.3 Å². The number of hydrogen-bond donors (Lipinski definition) is 3. The summed E-state index contributed by atoms with van der Waals surface area (Å²) in [5.41, 5.74) is 2.63. The second-order valence-electron chi connectivity index (χ2n) is 17.7. The maximum atomic E-state index is 13.2. The molecule has 0 radical (unpaired) electrons. The average Bonchev–Trinajstić information content (AvgIpc) is 3.40. The first-order chi connectivity index (χ1) is 37.2. The lowest BCUT2D eigenvalue weighted by molar-refractivity contribution is -0.121. The molecule has 0 saturated heterocycles. The van der Waals surface area contributed by atoms with E-state index in [1.165, 1.54) is 0 Å². The highest BCUT2D eigenvalue weighted by Gasteiger charge is 2.41. The largest absolute Gasteiger partial charge is 0.500 e. The van der Waals surface area contributed by atoms with E-state index in [0.717, 1.165) is 23.2 Å². The molecule has 0 bridgehead atoms. The van der Waals surface area contributed by atoms with E-state index >= 15 is 0 Å². The van der Waals surface area contributed by atoms with Gasteiger partial charge >= 0.3 is 32.5 Å². The molecule has 2 aromatic rings. The second-order valence-corrected chi connectivity index (χ2v) is 28.0. The zero-order valence-electron chi connectivity index (χ0n) is 48.1. The number of ether oxygens (including phenoxy) is 1. The Balaban J connectivity index is 1.96. The molecule has 0 unspecified atom stereocenters. The standard InChI is InChI=1S/C54H96N4O15SSi3/c1-10-65-75(66-11-2,67-12-3)45-23-38-55-52(59)36-41-58(42-37-53(60)56-39-24-46-76(68-13-4,69-14-5)70-15-6)50-32-28-48(29-33-50)26-27-49-30-34-51(35-31-49)74(62,63)44-22-20-19-21-43-64-54(61)57-40-25-47-77(71-16-7,72-17-8)73-18-9/h26-35H,10-25,36-47H2,1-9H3,(H,55,59)(H,56,60)(H,57,61)/b27-26+. The lowest BCUT2D eigenvalue weighted by Crippen LogP contribution is -2.46. The number of benzene rings is 2. The van der Waals surface area contributed by atoms with Crippen molar-refractivity contribution in [3.05, 3.63) is 59.7 Å². The van der Waals surface area contributed by atoms with Gasteiger partial charge in [0.15, 0.2) is 9.84 Å². The van der Waals surface area contributed by atoms with Crippen LogP contribution in [0, 0.1) is 0 Å². The number of hydrogen-bond acceptors (Lipinski definition) is 16. The summed E-state index contributed by atoms with van der Waals surface area (Å²) in [6, 6.07) is 16.5. The summed E-state index contributed by atoms with van der Waals surface area (Å²) in [6.07, 6.45) is 8.34.